The summed E-state index contributed by atoms with van der Waals surface area (Å²) in [4.78, 5) is 26.7. The monoisotopic (exact) mass is 465 g/mol. The van der Waals surface area contributed by atoms with Gasteiger partial charge in [-0.15, -0.1) is 0 Å². The number of rotatable bonds is 9. The third-order valence-electron chi connectivity index (χ3n) is 5.78. The van der Waals surface area contributed by atoms with E-state index in [9.17, 15) is 18.4 Å². The van der Waals surface area contributed by atoms with E-state index in [4.69, 9.17) is 9.47 Å². The number of methoxy groups -OCH3 is 1. The van der Waals surface area contributed by atoms with Gasteiger partial charge in [0.25, 0.3) is 5.91 Å². The van der Waals surface area contributed by atoms with Crippen molar-refractivity contribution < 1.29 is 27.8 Å². The lowest BCUT2D eigenvalue weighted by atomic mass is 10.1. The number of amides is 1. The van der Waals surface area contributed by atoms with Crippen LogP contribution in [0.3, 0.4) is 0 Å². The average molecular weight is 465 g/mol. The van der Waals surface area contributed by atoms with Gasteiger partial charge in [0, 0.05) is 18.7 Å². The normalized spacial score (nSPS) is 12.8. The number of hydrogen-bond acceptors (Lipinski definition) is 4. The van der Waals surface area contributed by atoms with Crippen LogP contribution in [0.2, 0.25) is 0 Å². The van der Waals surface area contributed by atoms with Crippen LogP contribution in [0.1, 0.15) is 45.5 Å². The minimum Gasteiger partial charge on any atom is -0.465 e. The van der Waals surface area contributed by atoms with E-state index in [1.165, 1.54) is 38.2 Å². The van der Waals surface area contributed by atoms with Gasteiger partial charge in [0.2, 0.25) is 0 Å². The first-order valence-electron chi connectivity index (χ1n) is 11.1. The second-order valence-corrected chi connectivity index (χ2v) is 8.32. The zero-order valence-electron chi connectivity index (χ0n) is 18.8. The summed E-state index contributed by atoms with van der Waals surface area (Å²) in [6, 6.07) is 16.7. The van der Waals surface area contributed by atoms with Crippen LogP contribution in [0.5, 0.6) is 11.5 Å². The summed E-state index contributed by atoms with van der Waals surface area (Å²) >= 11 is 0. The number of para-hydroxylation sites is 1. The first-order valence-corrected chi connectivity index (χ1v) is 11.1. The second-order valence-electron chi connectivity index (χ2n) is 8.32. The van der Waals surface area contributed by atoms with Crippen LogP contribution in [0.4, 0.5) is 8.78 Å². The zero-order valence-corrected chi connectivity index (χ0v) is 18.8. The first kappa shape index (κ1) is 23.4. The van der Waals surface area contributed by atoms with Crippen molar-refractivity contribution in [2.45, 2.75) is 25.8 Å². The molecule has 1 saturated carbocycles. The first-order chi connectivity index (χ1) is 16.4. The van der Waals surface area contributed by atoms with Crippen molar-refractivity contribution in [1.29, 1.82) is 0 Å². The minimum absolute atomic E-state index is 0.152. The van der Waals surface area contributed by atoms with E-state index >= 15 is 0 Å². The number of carbonyl (C=O) groups is 2. The summed E-state index contributed by atoms with van der Waals surface area (Å²) in [7, 11) is 1.33. The molecule has 0 unspecified atom stereocenters. The smallest absolute Gasteiger partial charge is 0.337 e. The molecular formula is C27H25F2NO4. The van der Waals surface area contributed by atoms with Crippen LogP contribution in [0.15, 0.2) is 66.7 Å². The molecule has 3 aromatic carbocycles. The zero-order chi connectivity index (χ0) is 24.1. The summed E-state index contributed by atoms with van der Waals surface area (Å²) in [5.74, 6) is -1.77. The van der Waals surface area contributed by atoms with Crippen molar-refractivity contribution in [2.75, 3.05) is 13.7 Å². The maximum absolute atomic E-state index is 13.8. The highest BCUT2D eigenvalue weighted by atomic mass is 19.1. The summed E-state index contributed by atoms with van der Waals surface area (Å²) in [5.41, 5.74) is 1.79. The molecule has 0 heterocycles. The van der Waals surface area contributed by atoms with Crippen molar-refractivity contribution in [3.63, 3.8) is 0 Å². The van der Waals surface area contributed by atoms with Gasteiger partial charge in [0.1, 0.15) is 5.75 Å². The molecule has 1 fully saturated rings. The van der Waals surface area contributed by atoms with Gasteiger partial charge in [0.15, 0.2) is 17.4 Å². The van der Waals surface area contributed by atoms with Gasteiger partial charge in [-0.05, 0) is 66.4 Å². The Morgan fingerprint density at radius 2 is 1.53 bits per heavy atom. The van der Waals surface area contributed by atoms with Gasteiger partial charge in [-0.2, -0.15) is 0 Å². The van der Waals surface area contributed by atoms with Gasteiger partial charge in [0.05, 0.1) is 12.7 Å². The van der Waals surface area contributed by atoms with Gasteiger partial charge < -0.3 is 14.4 Å². The number of esters is 1. The Labute approximate surface area is 196 Å². The number of halogens is 2. The number of carbonyl (C=O) groups excluding carboxylic acids is 2. The summed E-state index contributed by atoms with van der Waals surface area (Å²) in [6.45, 7) is 1.01. The third-order valence-corrected chi connectivity index (χ3v) is 5.78. The van der Waals surface area contributed by atoms with E-state index < -0.39 is 23.4 Å². The van der Waals surface area contributed by atoms with Crippen molar-refractivity contribution in [2.24, 2.45) is 5.92 Å². The molecule has 7 heteroatoms. The van der Waals surface area contributed by atoms with Crippen molar-refractivity contribution >= 4 is 11.9 Å². The molecule has 0 atom stereocenters. The topological polar surface area (TPSA) is 55.8 Å². The molecule has 0 aliphatic heterocycles. The minimum atomic E-state index is -0.801. The molecule has 1 aliphatic rings. The molecule has 5 nitrogen and oxygen atoms in total. The predicted molar refractivity (Wildman–Crippen MR) is 123 cm³/mol. The van der Waals surface area contributed by atoms with E-state index in [0.717, 1.165) is 24.1 Å². The summed E-state index contributed by atoms with van der Waals surface area (Å²) in [6.07, 6.45) is 3.31. The summed E-state index contributed by atoms with van der Waals surface area (Å²) in [5, 5.41) is 0. The lowest BCUT2D eigenvalue weighted by Gasteiger charge is -2.23. The van der Waals surface area contributed by atoms with E-state index in [0.29, 0.717) is 30.1 Å². The Balaban J connectivity index is 1.47. The highest BCUT2D eigenvalue weighted by molar-refractivity contribution is 5.94. The average Bonchev–Trinajstić information content (AvgIpc) is 3.68. The van der Waals surface area contributed by atoms with Crippen LogP contribution >= 0.6 is 0 Å². The maximum atomic E-state index is 13.8. The largest absolute Gasteiger partial charge is 0.465 e. The van der Waals surface area contributed by atoms with Gasteiger partial charge in [-0.25, -0.2) is 13.6 Å². The Kier molecular flexibility index (Phi) is 7.21. The Morgan fingerprint density at radius 1 is 0.912 bits per heavy atom. The van der Waals surface area contributed by atoms with E-state index in [2.05, 4.69) is 0 Å². The molecule has 0 radical (unpaired) electrons. The SMILES string of the molecule is COC(=O)c1ccc(CN(CCC2CC2)C(=O)c2ccc(Oc3c(F)cccc3F)cc2)cc1. The molecule has 3 aromatic rings. The molecule has 0 bridgehead atoms. The molecule has 0 aromatic heterocycles. The van der Waals surface area contributed by atoms with Crippen LogP contribution in [-0.4, -0.2) is 30.4 Å². The fraction of sp³-hybridized carbons (Fsp3) is 0.259. The van der Waals surface area contributed by atoms with Crippen molar-refractivity contribution in [3.05, 3.63) is 95.1 Å². The van der Waals surface area contributed by atoms with E-state index in [1.807, 2.05) is 12.1 Å². The molecule has 1 amide bonds. The van der Waals surface area contributed by atoms with Crippen LogP contribution in [-0.2, 0) is 11.3 Å². The Hall–Kier alpha value is -3.74. The second kappa shape index (κ2) is 10.5. The van der Waals surface area contributed by atoms with Crippen molar-refractivity contribution in [3.8, 4) is 11.5 Å². The highest BCUT2D eigenvalue weighted by Gasteiger charge is 2.24. The molecular weight excluding hydrogens is 440 g/mol. The molecule has 34 heavy (non-hydrogen) atoms. The number of nitrogens with zero attached hydrogens (tertiary/aromatic N) is 1. The summed E-state index contributed by atoms with van der Waals surface area (Å²) < 4.78 is 37.8. The Morgan fingerprint density at radius 3 is 2.12 bits per heavy atom. The molecule has 4 rings (SSSR count). The van der Waals surface area contributed by atoms with Crippen LogP contribution in [0.25, 0.3) is 0 Å². The Bertz CT molecular complexity index is 1140. The maximum Gasteiger partial charge on any atom is 0.337 e. The number of benzene rings is 3. The van der Waals surface area contributed by atoms with Crippen molar-refractivity contribution in [1.82, 2.24) is 4.90 Å². The van der Waals surface area contributed by atoms with Gasteiger partial charge >= 0.3 is 5.97 Å². The highest BCUT2D eigenvalue weighted by Crippen LogP contribution is 2.33. The van der Waals surface area contributed by atoms with E-state index in [1.54, 1.807) is 29.2 Å². The molecule has 0 N–H and O–H groups in total. The fourth-order valence-electron chi connectivity index (χ4n) is 3.63. The quantitative estimate of drug-likeness (QED) is 0.365. The fourth-order valence-corrected chi connectivity index (χ4v) is 3.63. The third kappa shape index (κ3) is 5.78. The predicted octanol–water partition coefficient (Wildman–Crippen LogP) is 5.99. The lowest BCUT2D eigenvalue weighted by Crippen LogP contribution is -2.31. The van der Waals surface area contributed by atoms with E-state index in [-0.39, 0.29) is 11.7 Å². The molecule has 1 aliphatic carbocycles. The van der Waals surface area contributed by atoms with Crippen LogP contribution < -0.4 is 4.74 Å². The number of hydrogen-bond donors (Lipinski definition) is 0. The molecule has 0 saturated heterocycles. The van der Waals surface area contributed by atoms with Gasteiger partial charge in [-0.3, -0.25) is 4.79 Å². The van der Waals surface area contributed by atoms with Crippen LogP contribution in [0, 0.1) is 17.6 Å². The van der Waals surface area contributed by atoms with Gasteiger partial charge in [-0.1, -0.05) is 31.0 Å². The molecule has 176 valence electrons. The standard InChI is InChI=1S/C27H25F2NO4/c1-33-27(32)21-9-7-19(8-10-21)17-30(16-15-18-5-6-18)26(31)20-11-13-22(14-12-20)34-25-23(28)3-2-4-24(25)29/h2-4,7-14,18H,5-6,15-17H2,1H3. The lowest BCUT2D eigenvalue weighted by molar-refractivity contribution is 0.0600. The number of ether oxygens (including phenoxy) is 2. The molecule has 0 spiro atoms.